The molecule has 0 bridgehead atoms. The molecule has 3 aromatic rings. The molecule has 0 aliphatic heterocycles. The van der Waals surface area contributed by atoms with E-state index in [0.29, 0.717) is 19.0 Å². The summed E-state index contributed by atoms with van der Waals surface area (Å²) >= 11 is 0. The highest BCUT2D eigenvalue weighted by Crippen LogP contribution is 2.25. The van der Waals surface area contributed by atoms with Crippen LogP contribution in [0.25, 0.3) is 11.5 Å². The van der Waals surface area contributed by atoms with E-state index in [-0.39, 0.29) is 24.0 Å². The van der Waals surface area contributed by atoms with E-state index in [1.807, 2.05) is 42.3 Å². The van der Waals surface area contributed by atoms with Crippen molar-refractivity contribution >= 4 is 29.9 Å². The van der Waals surface area contributed by atoms with E-state index in [9.17, 15) is 0 Å². The zero-order valence-corrected chi connectivity index (χ0v) is 21.5. The zero-order valence-electron chi connectivity index (χ0n) is 19.2. The Hall–Kier alpha value is -2.75. The lowest BCUT2D eigenvalue weighted by atomic mass is 10.1. The van der Waals surface area contributed by atoms with E-state index >= 15 is 0 Å². The Labute approximate surface area is 206 Å². The van der Waals surface area contributed by atoms with Gasteiger partial charge in [-0.3, -0.25) is 4.99 Å². The maximum Gasteiger partial charge on any atom is 0.226 e. The number of oxazole rings is 1. The van der Waals surface area contributed by atoms with Crippen molar-refractivity contribution in [3.63, 3.8) is 0 Å². The normalized spacial score (nSPS) is 11.0. The van der Waals surface area contributed by atoms with Crippen molar-refractivity contribution in [3.05, 3.63) is 65.5 Å². The second-order valence-corrected chi connectivity index (χ2v) is 7.27. The lowest BCUT2D eigenvalue weighted by Crippen LogP contribution is -2.39. The minimum atomic E-state index is 0. The molecule has 0 radical (unpaired) electrons. The third-order valence-corrected chi connectivity index (χ3v) is 4.99. The molecule has 3 rings (SSSR count). The van der Waals surface area contributed by atoms with Gasteiger partial charge in [-0.25, -0.2) is 4.98 Å². The van der Waals surface area contributed by atoms with E-state index < -0.39 is 0 Å². The molecule has 0 spiro atoms. The Morgan fingerprint density at radius 2 is 1.88 bits per heavy atom. The number of hydrogen-bond donors (Lipinski definition) is 1. The second-order valence-electron chi connectivity index (χ2n) is 7.27. The lowest BCUT2D eigenvalue weighted by Gasteiger charge is -2.23. The summed E-state index contributed by atoms with van der Waals surface area (Å²) in [6.45, 7) is 3.40. The van der Waals surface area contributed by atoms with Crippen LogP contribution in [0.15, 0.2) is 58.1 Å². The number of hydrogen-bond acceptors (Lipinski definition) is 5. The number of halogens is 1. The fourth-order valence-corrected chi connectivity index (χ4v) is 3.25. The number of methoxy groups -OCH3 is 2. The Kier molecular flexibility index (Phi) is 9.83. The standard InChI is InChI=1S/C24H30N4O3.HI/c1-17-6-8-18(9-7-17)23-27-20(16-31-23)12-13-26-24(25-2)28(3)15-19-10-11-21(29-4)14-22(19)30-5;/h6-11,14,16H,12-13,15H2,1-5H3,(H,25,26);1H. The summed E-state index contributed by atoms with van der Waals surface area (Å²) in [7, 11) is 7.07. The summed E-state index contributed by atoms with van der Waals surface area (Å²) < 4.78 is 16.4. The Bertz CT molecular complexity index is 1020. The highest BCUT2D eigenvalue weighted by molar-refractivity contribution is 14.0. The fourth-order valence-electron chi connectivity index (χ4n) is 3.25. The largest absolute Gasteiger partial charge is 0.497 e. The second kappa shape index (κ2) is 12.3. The third kappa shape index (κ3) is 6.62. The first-order chi connectivity index (χ1) is 15.0. The van der Waals surface area contributed by atoms with Crippen LogP contribution in [0.3, 0.4) is 0 Å². The molecular weight excluding hydrogens is 519 g/mol. The molecule has 0 aliphatic rings. The summed E-state index contributed by atoms with van der Waals surface area (Å²) in [6, 6.07) is 14.0. The van der Waals surface area contributed by atoms with Crippen LogP contribution >= 0.6 is 24.0 Å². The first-order valence-electron chi connectivity index (χ1n) is 10.2. The molecule has 0 amide bonds. The van der Waals surface area contributed by atoms with Crippen LogP contribution < -0.4 is 14.8 Å². The van der Waals surface area contributed by atoms with Gasteiger partial charge in [0.15, 0.2) is 5.96 Å². The smallest absolute Gasteiger partial charge is 0.226 e. The van der Waals surface area contributed by atoms with Crippen molar-refractivity contribution in [2.24, 2.45) is 4.99 Å². The molecule has 32 heavy (non-hydrogen) atoms. The Morgan fingerprint density at radius 1 is 1.12 bits per heavy atom. The lowest BCUT2D eigenvalue weighted by molar-refractivity contribution is 0.382. The van der Waals surface area contributed by atoms with E-state index in [1.165, 1.54) is 5.56 Å². The molecule has 0 saturated carbocycles. The van der Waals surface area contributed by atoms with Gasteiger partial charge in [-0.1, -0.05) is 17.7 Å². The van der Waals surface area contributed by atoms with Crippen LogP contribution in [0.2, 0.25) is 0 Å². The van der Waals surface area contributed by atoms with Crippen molar-refractivity contribution in [2.45, 2.75) is 19.9 Å². The van der Waals surface area contributed by atoms with Gasteiger partial charge in [-0.05, 0) is 31.2 Å². The predicted molar refractivity (Wildman–Crippen MR) is 138 cm³/mol. The number of rotatable bonds is 8. The van der Waals surface area contributed by atoms with Gasteiger partial charge in [0.05, 0.1) is 19.9 Å². The number of ether oxygens (including phenoxy) is 2. The summed E-state index contributed by atoms with van der Waals surface area (Å²) in [5.41, 5.74) is 4.14. The van der Waals surface area contributed by atoms with Gasteiger partial charge in [-0.15, -0.1) is 24.0 Å². The van der Waals surface area contributed by atoms with Crippen molar-refractivity contribution in [2.75, 3.05) is 34.9 Å². The van der Waals surface area contributed by atoms with E-state index in [2.05, 4.69) is 34.3 Å². The van der Waals surface area contributed by atoms with Gasteiger partial charge >= 0.3 is 0 Å². The maximum atomic E-state index is 5.64. The van der Waals surface area contributed by atoms with Crippen LogP contribution in [0.4, 0.5) is 0 Å². The molecule has 0 saturated heterocycles. The first-order valence-corrected chi connectivity index (χ1v) is 10.2. The molecule has 1 heterocycles. The van der Waals surface area contributed by atoms with Crippen molar-refractivity contribution < 1.29 is 13.9 Å². The number of nitrogens with one attached hydrogen (secondary N) is 1. The number of benzene rings is 2. The number of aliphatic imine (C=N–C) groups is 1. The minimum Gasteiger partial charge on any atom is -0.497 e. The van der Waals surface area contributed by atoms with Crippen molar-refractivity contribution in [3.8, 4) is 23.0 Å². The van der Waals surface area contributed by atoms with Crippen molar-refractivity contribution in [1.82, 2.24) is 15.2 Å². The molecular formula is C24H31IN4O3. The molecule has 1 aromatic heterocycles. The molecule has 0 fully saturated rings. The summed E-state index contributed by atoms with van der Waals surface area (Å²) in [5, 5.41) is 3.38. The molecule has 172 valence electrons. The Balaban J connectivity index is 0.00000363. The number of guanidine groups is 1. The average Bonchev–Trinajstić information content (AvgIpc) is 3.26. The van der Waals surface area contributed by atoms with Crippen LogP contribution in [-0.2, 0) is 13.0 Å². The highest BCUT2D eigenvalue weighted by Gasteiger charge is 2.12. The summed E-state index contributed by atoms with van der Waals surface area (Å²) in [4.78, 5) is 11.0. The van der Waals surface area contributed by atoms with Gasteiger partial charge in [-0.2, -0.15) is 0 Å². The molecule has 7 nitrogen and oxygen atoms in total. The SMILES string of the molecule is CN=C(NCCc1coc(-c2ccc(C)cc2)n1)N(C)Cc1ccc(OC)cc1OC.I. The van der Waals surface area contributed by atoms with Gasteiger partial charge in [0.1, 0.15) is 17.8 Å². The maximum absolute atomic E-state index is 5.64. The first kappa shape index (κ1) is 25.5. The van der Waals surface area contributed by atoms with Crippen LogP contribution in [0.1, 0.15) is 16.8 Å². The van der Waals surface area contributed by atoms with Crippen LogP contribution in [-0.4, -0.2) is 50.7 Å². The Morgan fingerprint density at radius 3 is 2.53 bits per heavy atom. The molecule has 0 atom stereocenters. The molecule has 8 heteroatoms. The summed E-state index contributed by atoms with van der Waals surface area (Å²) in [6.07, 6.45) is 2.44. The van der Waals surface area contributed by atoms with Gasteiger partial charge in [0, 0.05) is 50.8 Å². The minimum absolute atomic E-state index is 0. The zero-order chi connectivity index (χ0) is 22.2. The van der Waals surface area contributed by atoms with Gasteiger partial charge in [0.25, 0.3) is 0 Å². The predicted octanol–water partition coefficient (Wildman–Crippen LogP) is 4.54. The number of aromatic nitrogens is 1. The molecule has 0 unspecified atom stereocenters. The highest BCUT2D eigenvalue weighted by atomic mass is 127. The number of nitrogens with zero attached hydrogens (tertiary/aromatic N) is 3. The third-order valence-electron chi connectivity index (χ3n) is 4.99. The number of aryl methyl sites for hydroxylation is 1. The fraction of sp³-hybridized carbons (Fsp3) is 0.333. The van der Waals surface area contributed by atoms with Gasteiger partial charge in [0.2, 0.25) is 5.89 Å². The molecule has 1 N–H and O–H groups in total. The van der Waals surface area contributed by atoms with Crippen LogP contribution in [0.5, 0.6) is 11.5 Å². The average molecular weight is 550 g/mol. The van der Waals surface area contributed by atoms with Crippen molar-refractivity contribution in [1.29, 1.82) is 0 Å². The molecule has 0 aliphatic carbocycles. The topological polar surface area (TPSA) is 72.1 Å². The van der Waals surface area contributed by atoms with Gasteiger partial charge < -0.3 is 24.1 Å². The summed E-state index contributed by atoms with van der Waals surface area (Å²) in [5.74, 6) is 2.99. The van der Waals surface area contributed by atoms with Crippen LogP contribution in [0, 0.1) is 6.92 Å². The van der Waals surface area contributed by atoms with E-state index in [4.69, 9.17) is 13.9 Å². The monoisotopic (exact) mass is 550 g/mol. The molecule has 2 aromatic carbocycles. The van der Waals surface area contributed by atoms with E-state index in [1.54, 1.807) is 27.5 Å². The van der Waals surface area contributed by atoms with E-state index in [0.717, 1.165) is 40.7 Å². The quantitative estimate of drug-likeness (QED) is 0.253.